The summed E-state index contributed by atoms with van der Waals surface area (Å²) in [6, 6.07) is 7.78. The van der Waals surface area contributed by atoms with Gasteiger partial charge in [0.25, 0.3) is 0 Å². The SMILES string of the molecule is N#Cc1c(N)cc(-c2nccs2)nc1-c1ccc(N2CCCC2)cn1. The van der Waals surface area contributed by atoms with Crippen LogP contribution in [0.3, 0.4) is 0 Å². The first-order chi connectivity index (χ1) is 12.3. The summed E-state index contributed by atoms with van der Waals surface area (Å²) in [6.45, 7) is 2.13. The molecule has 3 aromatic rings. The summed E-state index contributed by atoms with van der Waals surface area (Å²) < 4.78 is 0. The average Bonchev–Trinajstić information content (AvgIpc) is 3.35. The molecule has 6 nitrogen and oxygen atoms in total. The van der Waals surface area contributed by atoms with Gasteiger partial charge in [-0.25, -0.2) is 9.97 Å². The molecule has 0 aliphatic carbocycles. The Kier molecular flexibility index (Phi) is 4.04. The van der Waals surface area contributed by atoms with E-state index in [4.69, 9.17) is 5.73 Å². The van der Waals surface area contributed by atoms with Crippen LogP contribution in [-0.4, -0.2) is 28.0 Å². The van der Waals surface area contributed by atoms with Gasteiger partial charge in [-0.2, -0.15) is 5.26 Å². The van der Waals surface area contributed by atoms with E-state index >= 15 is 0 Å². The van der Waals surface area contributed by atoms with Crippen molar-refractivity contribution in [3.8, 4) is 28.2 Å². The minimum absolute atomic E-state index is 0.349. The van der Waals surface area contributed by atoms with Crippen molar-refractivity contribution in [2.45, 2.75) is 12.8 Å². The Morgan fingerprint density at radius 3 is 2.64 bits per heavy atom. The molecule has 0 aromatic carbocycles. The summed E-state index contributed by atoms with van der Waals surface area (Å²) in [7, 11) is 0. The topological polar surface area (TPSA) is 91.7 Å². The van der Waals surface area contributed by atoms with Gasteiger partial charge >= 0.3 is 0 Å². The van der Waals surface area contributed by atoms with Gasteiger partial charge in [0.15, 0.2) is 0 Å². The number of hydrogen-bond acceptors (Lipinski definition) is 7. The predicted octanol–water partition coefficient (Wildman–Crippen LogP) is 3.32. The van der Waals surface area contributed by atoms with Gasteiger partial charge in [-0.05, 0) is 31.0 Å². The van der Waals surface area contributed by atoms with Crippen molar-refractivity contribution in [3.05, 3.63) is 41.5 Å². The fourth-order valence-corrected chi connectivity index (χ4v) is 3.61. The monoisotopic (exact) mass is 348 g/mol. The van der Waals surface area contributed by atoms with Crippen LogP contribution in [0.5, 0.6) is 0 Å². The number of hydrogen-bond donors (Lipinski definition) is 1. The van der Waals surface area contributed by atoms with Gasteiger partial charge in [0, 0.05) is 24.7 Å². The molecule has 1 aliphatic heterocycles. The molecule has 0 saturated carbocycles. The normalized spacial score (nSPS) is 13.8. The molecule has 25 heavy (non-hydrogen) atoms. The highest BCUT2D eigenvalue weighted by molar-refractivity contribution is 7.13. The van der Waals surface area contributed by atoms with Gasteiger partial charge in [-0.1, -0.05) is 0 Å². The summed E-state index contributed by atoms with van der Waals surface area (Å²) in [5.41, 5.74) is 9.73. The zero-order valence-corrected chi connectivity index (χ0v) is 14.3. The van der Waals surface area contributed by atoms with Gasteiger partial charge in [0.1, 0.15) is 28.0 Å². The van der Waals surface area contributed by atoms with E-state index < -0.39 is 0 Å². The molecule has 1 aliphatic rings. The number of rotatable bonds is 3. The lowest BCUT2D eigenvalue weighted by molar-refractivity contribution is 0.949. The summed E-state index contributed by atoms with van der Waals surface area (Å²) in [5.74, 6) is 0. The van der Waals surface area contributed by atoms with Crippen molar-refractivity contribution in [2.75, 3.05) is 23.7 Å². The second-order valence-corrected chi connectivity index (χ2v) is 6.76. The van der Waals surface area contributed by atoms with E-state index in [0.29, 0.717) is 28.3 Å². The molecule has 0 spiro atoms. The quantitative estimate of drug-likeness (QED) is 0.780. The van der Waals surface area contributed by atoms with E-state index in [2.05, 4.69) is 25.9 Å². The van der Waals surface area contributed by atoms with E-state index in [-0.39, 0.29) is 0 Å². The maximum absolute atomic E-state index is 9.49. The highest BCUT2D eigenvalue weighted by Gasteiger charge is 2.17. The highest BCUT2D eigenvalue weighted by atomic mass is 32.1. The van der Waals surface area contributed by atoms with Crippen LogP contribution in [0.4, 0.5) is 11.4 Å². The molecular formula is C18H16N6S. The molecule has 124 valence electrons. The molecule has 1 saturated heterocycles. The van der Waals surface area contributed by atoms with Crippen molar-refractivity contribution in [2.24, 2.45) is 0 Å². The number of nitriles is 1. The molecule has 0 amide bonds. The smallest absolute Gasteiger partial charge is 0.141 e. The Morgan fingerprint density at radius 2 is 2.00 bits per heavy atom. The Labute approximate surface area is 149 Å². The number of anilines is 2. The number of pyridine rings is 2. The van der Waals surface area contributed by atoms with E-state index in [1.165, 1.54) is 24.2 Å². The molecule has 7 heteroatoms. The Bertz CT molecular complexity index is 921. The summed E-state index contributed by atoms with van der Waals surface area (Å²) in [4.78, 5) is 15.7. The lowest BCUT2D eigenvalue weighted by Gasteiger charge is -2.17. The average molecular weight is 348 g/mol. The van der Waals surface area contributed by atoms with Crippen LogP contribution in [0.1, 0.15) is 18.4 Å². The molecule has 0 bridgehead atoms. The molecule has 0 unspecified atom stereocenters. The minimum Gasteiger partial charge on any atom is -0.398 e. The van der Waals surface area contributed by atoms with Crippen LogP contribution < -0.4 is 10.6 Å². The number of nitrogens with two attached hydrogens (primary N) is 1. The number of nitrogens with zero attached hydrogens (tertiary/aromatic N) is 5. The van der Waals surface area contributed by atoms with Crippen LogP contribution >= 0.6 is 11.3 Å². The second-order valence-electron chi connectivity index (χ2n) is 5.87. The number of nitrogen functional groups attached to an aromatic ring is 1. The zero-order chi connectivity index (χ0) is 17.2. The van der Waals surface area contributed by atoms with Crippen LogP contribution in [0.25, 0.3) is 22.1 Å². The molecule has 4 heterocycles. The first-order valence-corrected chi connectivity index (χ1v) is 8.96. The minimum atomic E-state index is 0.349. The van der Waals surface area contributed by atoms with Crippen LogP contribution in [0.15, 0.2) is 36.0 Å². The molecule has 0 radical (unpaired) electrons. The molecule has 0 atom stereocenters. The Balaban J connectivity index is 1.77. The van der Waals surface area contributed by atoms with Gasteiger partial charge in [0.05, 0.1) is 23.3 Å². The van der Waals surface area contributed by atoms with Gasteiger partial charge < -0.3 is 10.6 Å². The first kappa shape index (κ1) is 15.5. The maximum Gasteiger partial charge on any atom is 0.141 e. The lowest BCUT2D eigenvalue weighted by Crippen LogP contribution is -2.17. The third-order valence-electron chi connectivity index (χ3n) is 4.27. The van der Waals surface area contributed by atoms with Crippen molar-refractivity contribution >= 4 is 22.7 Å². The second kappa shape index (κ2) is 6.49. The summed E-state index contributed by atoms with van der Waals surface area (Å²) in [6.07, 6.45) is 6.00. The molecule has 3 aromatic heterocycles. The van der Waals surface area contributed by atoms with Crippen molar-refractivity contribution in [3.63, 3.8) is 0 Å². The fraction of sp³-hybridized carbons (Fsp3) is 0.222. The molecular weight excluding hydrogens is 332 g/mol. The van der Waals surface area contributed by atoms with Gasteiger partial charge in [-0.3, -0.25) is 4.98 Å². The first-order valence-electron chi connectivity index (χ1n) is 8.08. The van der Waals surface area contributed by atoms with Crippen molar-refractivity contribution in [1.29, 1.82) is 5.26 Å². The van der Waals surface area contributed by atoms with Crippen molar-refractivity contribution < 1.29 is 0 Å². The zero-order valence-electron chi connectivity index (χ0n) is 13.5. The molecule has 2 N–H and O–H groups in total. The maximum atomic E-state index is 9.49. The van der Waals surface area contributed by atoms with E-state index in [0.717, 1.165) is 23.8 Å². The van der Waals surface area contributed by atoms with E-state index in [9.17, 15) is 5.26 Å². The van der Waals surface area contributed by atoms with E-state index in [1.807, 2.05) is 23.7 Å². The lowest BCUT2D eigenvalue weighted by atomic mass is 10.1. The molecule has 1 fully saturated rings. The summed E-state index contributed by atoms with van der Waals surface area (Å²) in [5, 5.41) is 12.1. The van der Waals surface area contributed by atoms with Crippen LogP contribution in [-0.2, 0) is 0 Å². The van der Waals surface area contributed by atoms with Crippen LogP contribution in [0.2, 0.25) is 0 Å². The van der Waals surface area contributed by atoms with Crippen molar-refractivity contribution in [1.82, 2.24) is 15.0 Å². The third-order valence-corrected chi connectivity index (χ3v) is 5.07. The highest BCUT2D eigenvalue weighted by Crippen LogP contribution is 2.31. The Hall–Kier alpha value is -2.98. The van der Waals surface area contributed by atoms with E-state index in [1.54, 1.807) is 12.3 Å². The van der Waals surface area contributed by atoms with Gasteiger partial charge in [-0.15, -0.1) is 11.3 Å². The Morgan fingerprint density at radius 1 is 1.16 bits per heavy atom. The fourth-order valence-electron chi connectivity index (χ4n) is 3.02. The third kappa shape index (κ3) is 2.92. The van der Waals surface area contributed by atoms with Gasteiger partial charge in [0.2, 0.25) is 0 Å². The standard InChI is InChI=1S/C18H16N6S/c19-10-13-14(20)9-16(18-21-5-8-25-18)23-17(13)15-4-3-12(11-22-15)24-6-1-2-7-24/h3-5,8-9,11H,1-2,6-7H2,(H2,20,23). The molecule has 4 rings (SSSR count). The summed E-state index contributed by atoms with van der Waals surface area (Å²) >= 11 is 1.48. The largest absolute Gasteiger partial charge is 0.398 e. The number of aromatic nitrogens is 3. The predicted molar refractivity (Wildman–Crippen MR) is 99.2 cm³/mol. The number of thiazole rings is 1. The van der Waals surface area contributed by atoms with Crippen LogP contribution in [0, 0.1) is 11.3 Å².